The number of rotatable bonds is 9. The fourth-order valence-electron chi connectivity index (χ4n) is 7.27. The predicted octanol–water partition coefficient (Wildman–Crippen LogP) is 3.27. The van der Waals surface area contributed by atoms with Crippen LogP contribution in [0, 0.1) is 5.92 Å². The number of fused-ring (bicyclic) bond motifs is 1. The molecule has 0 bridgehead atoms. The van der Waals surface area contributed by atoms with Gasteiger partial charge in [0.2, 0.25) is 11.8 Å². The predicted molar refractivity (Wildman–Crippen MR) is 181 cm³/mol. The van der Waals surface area contributed by atoms with Crippen LogP contribution in [0.2, 0.25) is 0 Å². The smallest absolute Gasteiger partial charge is 0.329 e. The standard InChI is InChI=1S/C35H39N9O4/c1-41-32-23(8-4-11-28(32)44(35(41)48)29-13-14-31(46)38-34(29)47)9-6-16-42-15-5-7-22(19-42)20-43-21-24(18-37-43)26-17-27(39-40-33(26)36)25-10-2-3-12-30(25)45/h2-4,8,10-12,17-18,21-22,29,45H,5-7,9,13-16,19-20H2,1H3,(H2,36,40)(H,38,46,47)/t22-,29?/m1/s1. The molecule has 2 aliphatic heterocycles. The quantitative estimate of drug-likeness (QED) is 0.203. The lowest BCUT2D eigenvalue weighted by atomic mass is 9.97. The van der Waals surface area contributed by atoms with Crippen molar-refractivity contribution in [3.63, 3.8) is 0 Å². The van der Waals surface area contributed by atoms with E-state index in [1.165, 1.54) is 0 Å². The maximum absolute atomic E-state index is 13.3. The van der Waals surface area contributed by atoms with Crippen molar-refractivity contribution in [2.45, 2.75) is 51.1 Å². The van der Waals surface area contributed by atoms with E-state index in [-0.39, 0.29) is 23.8 Å². The van der Waals surface area contributed by atoms with Crippen molar-refractivity contribution < 1.29 is 14.7 Å². The van der Waals surface area contributed by atoms with Gasteiger partial charge in [-0.25, -0.2) is 4.79 Å². The highest BCUT2D eigenvalue weighted by atomic mass is 16.3. The number of para-hydroxylation sites is 2. The van der Waals surface area contributed by atoms with Gasteiger partial charge in [0.25, 0.3) is 0 Å². The summed E-state index contributed by atoms with van der Waals surface area (Å²) in [4.78, 5) is 40.1. The Hall–Kier alpha value is -5.30. The number of nitrogens with two attached hydrogens (primary N) is 1. The molecular weight excluding hydrogens is 610 g/mol. The molecule has 2 amide bonds. The van der Waals surface area contributed by atoms with Gasteiger partial charge in [0.15, 0.2) is 5.82 Å². The average molecular weight is 650 g/mol. The number of imide groups is 1. The topological polar surface area (TPSA) is 166 Å². The number of amides is 2. The molecule has 5 aromatic rings. The second-order valence-corrected chi connectivity index (χ2v) is 12.9. The van der Waals surface area contributed by atoms with Crippen molar-refractivity contribution in [3.05, 3.63) is 77.0 Å². The van der Waals surface area contributed by atoms with Crippen molar-refractivity contribution in [2.24, 2.45) is 13.0 Å². The Morgan fingerprint density at radius 2 is 1.90 bits per heavy atom. The Morgan fingerprint density at radius 3 is 2.73 bits per heavy atom. The lowest BCUT2D eigenvalue weighted by Gasteiger charge is -2.32. The van der Waals surface area contributed by atoms with Gasteiger partial charge in [0.1, 0.15) is 11.8 Å². The molecular formula is C35H39N9O4. The van der Waals surface area contributed by atoms with Crippen LogP contribution in [0.5, 0.6) is 5.75 Å². The summed E-state index contributed by atoms with van der Waals surface area (Å²) in [6.45, 7) is 3.74. The van der Waals surface area contributed by atoms with E-state index in [2.05, 4.69) is 31.6 Å². The molecule has 0 aliphatic carbocycles. The van der Waals surface area contributed by atoms with Crippen molar-refractivity contribution in [1.29, 1.82) is 0 Å². The minimum absolute atomic E-state index is 0.131. The molecule has 248 valence electrons. The van der Waals surface area contributed by atoms with Crippen molar-refractivity contribution in [2.75, 3.05) is 25.4 Å². The van der Waals surface area contributed by atoms with Gasteiger partial charge in [-0.05, 0) is 80.9 Å². The van der Waals surface area contributed by atoms with E-state index in [1.807, 2.05) is 35.1 Å². The number of phenolic OH excluding ortho intramolecular Hbond substituents is 1. The van der Waals surface area contributed by atoms with E-state index in [4.69, 9.17) is 5.73 Å². The normalized spacial score (nSPS) is 18.8. The van der Waals surface area contributed by atoms with Gasteiger partial charge in [0, 0.05) is 49.4 Å². The summed E-state index contributed by atoms with van der Waals surface area (Å²) in [5, 5.41) is 25.6. The van der Waals surface area contributed by atoms with E-state index in [0.29, 0.717) is 29.4 Å². The number of hydrogen-bond donors (Lipinski definition) is 3. The van der Waals surface area contributed by atoms with Crippen LogP contribution in [0.3, 0.4) is 0 Å². The number of carbonyl (C=O) groups excluding carboxylic acids is 2. The van der Waals surface area contributed by atoms with Crippen LogP contribution in [0.25, 0.3) is 33.4 Å². The highest BCUT2D eigenvalue weighted by Crippen LogP contribution is 2.32. The highest BCUT2D eigenvalue weighted by molar-refractivity contribution is 6.00. The van der Waals surface area contributed by atoms with E-state index in [9.17, 15) is 19.5 Å². The van der Waals surface area contributed by atoms with Crippen LogP contribution in [0.4, 0.5) is 5.82 Å². The summed E-state index contributed by atoms with van der Waals surface area (Å²) in [7, 11) is 1.75. The first kappa shape index (κ1) is 31.3. The first-order valence-corrected chi connectivity index (χ1v) is 16.5. The molecule has 1 unspecified atom stereocenters. The summed E-state index contributed by atoms with van der Waals surface area (Å²) in [6, 6.07) is 14.0. The van der Waals surface area contributed by atoms with Gasteiger partial charge in [0.05, 0.1) is 22.9 Å². The lowest BCUT2D eigenvalue weighted by molar-refractivity contribution is -0.135. The Morgan fingerprint density at radius 1 is 1.04 bits per heavy atom. The van der Waals surface area contributed by atoms with Crippen LogP contribution < -0.4 is 16.7 Å². The maximum Gasteiger partial charge on any atom is 0.329 e. The number of anilines is 1. The van der Waals surface area contributed by atoms with Crippen LogP contribution in [0.15, 0.2) is 65.7 Å². The molecule has 2 fully saturated rings. The second-order valence-electron chi connectivity index (χ2n) is 12.9. The lowest BCUT2D eigenvalue weighted by Crippen LogP contribution is -2.44. The maximum atomic E-state index is 13.3. The number of nitrogen functional groups attached to an aromatic ring is 1. The number of aromatic nitrogens is 6. The fraction of sp³-hybridized carbons (Fsp3) is 0.371. The van der Waals surface area contributed by atoms with Crippen LogP contribution >= 0.6 is 0 Å². The van der Waals surface area contributed by atoms with Crippen molar-refractivity contribution >= 4 is 28.7 Å². The van der Waals surface area contributed by atoms with Gasteiger partial charge in [-0.3, -0.25) is 28.7 Å². The summed E-state index contributed by atoms with van der Waals surface area (Å²) in [5.74, 6) is 0.164. The monoisotopic (exact) mass is 649 g/mol. The molecule has 48 heavy (non-hydrogen) atoms. The third-order valence-corrected chi connectivity index (χ3v) is 9.62. The number of aryl methyl sites for hydroxylation is 2. The average Bonchev–Trinajstić information content (AvgIpc) is 3.64. The minimum atomic E-state index is -0.690. The molecule has 0 saturated carbocycles. The number of benzene rings is 2. The molecule has 2 aromatic carbocycles. The molecule has 13 nitrogen and oxygen atoms in total. The summed E-state index contributed by atoms with van der Waals surface area (Å²) >= 11 is 0. The van der Waals surface area contributed by atoms with Gasteiger partial charge in [-0.2, -0.15) is 5.10 Å². The summed E-state index contributed by atoms with van der Waals surface area (Å²) in [5.41, 5.74) is 11.3. The summed E-state index contributed by atoms with van der Waals surface area (Å²) < 4.78 is 5.14. The largest absolute Gasteiger partial charge is 0.507 e. The third kappa shape index (κ3) is 6.08. The number of nitrogens with zero attached hydrogens (tertiary/aromatic N) is 7. The number of imidazole rings is 1. The third-order valence-electron chi connectivity index (χ3n) is 9.62. The van der Waals surface area contributed by atoms with Gasteiger partial charge < -0.3 is 15.7 Å². The van der Waals surface area contributed by atoms with E-state index in [1.54, 1.807) is 40.6 Å². The zero-order chi connectivity index (χ0) is 33.4. The van der Waals surface area contributed by atoms with E-state index < -0.39 is 11.9 Å². The Balaban J connectivity index is 0.988. The molecule has 2 atom stereocenters. The molecule has 13 heteroatoms. The number of carbonyl (C=O) groups is 2. The number of piperidine rings is 2. The number of nitrogens with one attached hydrogen (secondary N) is 1. The van der Waals surface area contributed by atoms with Gasteiger partial charge in [-0.1, -0.05) is 24.3 Å². The van der Waals surface area contributed by atoms with Gasteiger partial charge >= 0.3 is 5.69 Å². The summed E-state index contributed by atoms with van der Waals surface area (Å²) in [6.07, 6.45) is 8.30. The number of phenols is 1. The molecule has 5 heterocycles. The molecule has 4 N–H and O–H groups in total. The number of aromatic hydroxyl groups is 1. The molecule has 2 saturated heterocycles. The molecule has 3 aromatic heterocycles. The number of hydrogen-bond acceptors (Lipinski definition) is 9. The van der Waals surface area contributed by atoms with Crippen molar-refractivity contribution in [3.8, 4) is 28.1 Å². The minimum Gasteiger partial charge on any atom is -0.507 e. The van der Waals surface area contributed by atoms with Crippen LogP contribution in [-0.4, -0.2) is 70.6 Å². The highest BCUT2D eigenvalue weighted by Gasteiger charge is 2.31. The van der Waals surface area contributed by atoms with E-state index >= 15 is 0 Å². The SMILES string of the molecule is Cn1c(=O)n(C2CCC(=O)NC2=O)c2cccc(CCCN3CCC[C@@H](Cn4cc(-c5cc(-c6ccccc6O)nnc5N)cn4)C3)c21. The second kappa shape index (κ2) is 13.1. The fourth-order valence-corrected chi connectivity index (χ4v) is 7.27. The zero-order valence-corrected chi connectivity index (χ0v) is 26.9. The van der Waals surface area contributed by atoms with Crippen LogP contribution in [-0.2, 0) is 29.6 Å². The molecule has 0 radical (unpaired) electrons. The Kier molecular flexibility index (Phi) is 8.52. The molecule has 0 spiro atoms. The molecule has 7 rings (SSSR count). The first-order chi connectivity index (χ1) is 23.3. The van der Waals surface area contributed by atoms with Crippen LogP contribution in [0.1, 0.15) is 43.7 Å². The van der Waals surface area contributed by atoms with Gasteiger partial charge in [-0.15, -0.1) is 10.2 Å². The molecule has 2 aliphatic rings. The van der Waals surface area contributed by atoms with E-state index in [0.717, 1.165) is 79.6 Å². The number of likely N-dealkylation sites (tertiary alicyclic amines) is 1. The Labute approximate surface area is 277 Å². The Bertz CT molecular complexity index is 2060. The van der Waals surface area contributed by atoms with Crippen molar-refractivity contribution in [1.82, 2.24) is 39.3 Å². The zero-order valence-electron chi connectivity index (χ0n) is 26.9. The first-order valence-electron chi connectivity index (χ1n) is 16.5.